The smallest absolute Gasteiger partial charge is 0.330 e. The topological polar surface area (TPSA) is 138 Å². The van der Waals surface area contributed by atoms with Gasteiger partial charge in [-0.05, 0) is 56.0 Å². The number of piperazine rings is 1. The van der Waals surface area contributed by atoms with Crippen molar-refractivity contribution in [2.75, 3.05) is 47.8 Å². The monoisotopic (exact) mass is 599 g/mol. The number of benzene rings is 2. The van der Waals surface area contributed by atoms with Gasteiger partial charge < -0.3 is 30.0 Å². The number of rotatable bonds is 10. The Kier molecular flexibility index (Phi) is 8.14. The molecule has 6 rings (SSSR count). The zero-order valence-electron chi connectivity index (χ0n) is 25.0. The molecular weight excluding hydrogens is 562 g/mol. The number of para-hydroxylation sites is 1. The summed E-state index contributed by atoms with van der Waals surface area (Å²) >= 11 is 0. The second-order valence-corrected chi connectivity index (χ2v) is 11.4. The molecule has 1 saturated heterocycles. The zero-order valence-corrected chi connectivity index (χ0v) is 25.0. The molecule has 2 aromatic carbocycles. The third kappa shape index (κ3) is 6.19. The maximum absolute atomic E-state index is 13.3. The molecule has 4 aromatic rings. The number of carbonyl (C=O) groups excluding carboxylic acids is 2. The minimum atomic E-state index is -0.397. The number of amides is 2. The molecule has 3 N–H and O–H groups in total. The van der Waals surface area contributed by atoms with Crippen molar-refractivity contribution < 1.29 is 19.1 Å². The summed E-state index contributed by atoms with van der Waals surface area (Å²) in [4.78, 5) is 47.4. The van der Waals surface area contributed by atoms with Crippen LogP contribution in [-0.4, -0.2) is 63.8 Å². The molecule has 3 heterocycles. The fourth-order valence-corrected chi connectivity index (χ4v) is 5.59. The van der Waals surface area contributed by atoms with Gasteiger partial charge in [0.1, 0.15) is 6.26 Å². The molecule has 0 bridgehead atoms. The lowest BCUT2D eigenvalue weighted by molar-refractivity contribution is 0.0951. The number of carbonyl (C=O) groups is 2. The molecule has 44 heavy (non-hydrogen) atoms. The van der Waals surface area contributed by atoms with Crippen molar-refractivity contribution in [2.24, 2.45) is 7.05 Å². The number of aryl methyl sites for hydroxylation is 2. The number of oxazole rings is 1. The van der Waals surface area contributed by atoms with Crippen molar-refractivity contribution in [3.05, 3.63) is 88.1 Å². The van der Waals surface area contributed by atoms with Gasteiger partial charge in [0.15, 0.2) is 11.6 Å². The Hall–Kier alpha value is -5.00. The van der Waals surface area contributed by atoms with Crippen LogP contribution in [0.15, 0.2) is 64.1 Å². The second kappa shape index (κ2) is 12.3. The first kappa shape index (κ1) is 29.1. The second-order valence-electron chi connectivity index (χ2n) is 11.4. The summed E-state index contributed by atoms with van der Waals surface area (Å²) in [6.07, 6.45) is 5.22. The van der Waals surface area contributed by atoms with Gasteiger partial charge in [-0.2, -0.15) is 0 Å². The number of nitrogens with zero attached hydrogens (tertiary/aromatic N) is 5. The number of aromatic nitrogens is 3. The number of aromatic hydroxyl groups is 1. The number of nitrogens with one attached hydrogen (secondary N) is 2. The van der Waals surface area contributed by atoms with Gasteiger partial charge in [0.2, 0.25) is 5.88 Å². The first-order chi connectivity index (χ1) is 21.3. The van der Waals surface area contributed by atoms with Crippen LogP contribution in [0, 0.1) is 6.92 Å². The average molecular weight is 600 g/mol. The predicted molar refractivity (Wildman–Crippen MR) is 167 cm³/mol. The molecule has 1 saturated carbocycles. The lowest BCUT2D eigenvalue weighted by Crippen LogP contribution is -2.47. The van der Waals surface area contributed by atoms with Gasteiger partial charge in [0, 0.05) is 63.5 Å². The molecule has 0 radical (unpaired) electrons. The Morgan fingerprint density at radius 2 is 1.75 bits per heavy atom. The maximum atomic E-state index is 13.3. The van der Waals surface area contributed by atoms with E-state index in [-0.39, 0.29) is 35.6 Å². The molecule has 2 aliphatic rings. The third-order valence-corrected chi connectivity index (χ3v) is 8.23. The molecule has 12 heteroatoms. The van der Waals surface area contributed by atoms with Crippen molar-refractivity contribution in [3.8, 4) is 5.88 Å². The minimum Gasteiger partial charge on any atom is -0.493 e. The van der Waals surface area contributed by atoms with Crippen molar-refractivity contribution in [1.82, 2.24) is 19.4 Å². The Balaban J connectivity index is 1.16. The molecule has 0 unspecified atom stereocenters. The van der Waals surface area contributed by atoms with E-state index in [1.165, 1.54) is 32.8 Å². The van der Waals surface area contributed by atoms with E-state index in [0.717, 1.165) is 44.7 Å². The molecule has 230 valence electrons. The van der Waals surface area contributed by atoms with Gasteiger partial charge in [-0.15, -0.1) is 0 Å². The summed E-state index contributed by atoms with van der Waals surface area (Å²) in [7, 11) is 1.57. The summed E-state index contributed by atoms with van der Waals surface area (Å²) in [6, 6.07) is 13.7. The highest BCUT2D eigenvalue weighted by Crippen LogP contribution is 2.39. The summed E-state index contributed by atoms with van der Waals surface area (Å²) in [5.74, 6) is 0.0515. The van der Waals surface area contributed by atoms with Crippen molar-refractivity contribution in [2.45, 2.75) is 38.6 Å². The molecule has 2 aromatic heterocycles. The number of anilines is 3. The molecule has 1 aliphatic carbocycles. The molecule has 12 nitrogen and oxygen atoms in total. The lowest BCUT2D eigenvalue weighted by Gasteiger charge is -2.38. The van der Waals surface area contributed by atoms with Crippen LogP contribution in [0.5, 0.6) is 5.88 Å². The quantitative estimate of drug-likeness (QED) is 0.236. The van der Waals surface area contributed by atoms with Crippen LogP contribution >= 0.6 is 0 Å². The maximum Gasteiger partial charge on any atom is 0.330 e. The van der Waals surface area contributed by atoms with Crippen LogP contribution in [0.3, 0.4) is 0 Å². The van der Waals surface area contributed by atoms with Gasteiger partial charge in [0.25, 0.3) is 11.8 Å². The third-order valence-electron chi connectivity index (χ3n) is 8.23. The first-order valence-corrected chi connectivity index (χ1v) is 15.0. The van der Waals surface area contributed by atoms with E-state index in [2.05, 4.69) is 50.5 Å². The van der Waals surface area contributed by atoms with Crippen LogP contribution in [0.25, 0.3) is 0 Å². The SMILES string of the molecule is Cc1ccccc1N1CCN(c2ccc(C(=O)NCCCn3c(O)cn(C)c3=O)cc2NC(=O)c2coc(C3CC3)n2)CC1. The Labute approximate surface area is 254 Å². The van der Waals surface area contributed by atoms with E-state index in [4.69, 9.17) is 4.42 Å². The summed E-state index contributed by atoms with van der Waals surface area (Å²) in [5, 5.41) is 15.8. The van der Waals surface area contributed by atoms with E-state index in [9.17, 15) is 19.5 Å². The van der Waals surface area contributed by atoms with E-state index in [1.807, 2.05) is 12.1 Å². The van der Waals surface area contributed by atoms with Crippen LogP contribution in [0.4, 0.5) is 17.1 Å². The number of imidazole rings is 1. The Bertz CT molecular complexity index is 1730. The van der Waals surface area contributed by atoms with Crippen LogP contribution in [0.1, 0.15) is 57.5 Å². The Morgan fingerprint density at radius 1 is 1.02 bits per heavy atom. The predicted octanol–water partition coefficient (Wildman–Crippen LogP) is 3.47. The van der Waals surface area contributed by atoms with Crippen molar-refractivity contribution >= 4 is 28.9 Å². The molecule has 1 aliphatic heterocycles. The fraction of sp³-hybridized carbons (Fsp3) is 0.375. The first-order valence-electron chi connectivity index (χ1n) is 15.0. The van der Waals surface area contributed by atoms with Crippen LogP contribution in [-0.2, 0) is 13.6 Å². The number of hydrogen-bond donors (Lipinski definition) is 3. The highest BCUT2D eigenvalue weighted by Gasteiger charge is 2.30. The zero-order chi connectivity index (χ0) is 30.8. The highest BCUT2D eigenvalue weighted by atomic mass is 16.3. The molecule has 0 atom stereocenters. The molecule has 2 fully saturated rings. The largest absolute Gasteiger partial charge is 0.493 e. The van der Waals surface area contributed by atoms with E-state index in [1.54, 1.807) is 19.2 Å². The van der Waals surface area contributed by atoms with Crippen molar-refractivity contribution in [3.63, 3.8) is 0 Å². The van der Waals surface area contributed by atoms with Gasteiger partial charge in [0.05, 0.1) is 17.6 Å². The normalized spacial score (nSPS) is 15.0. The number of hydrogen-bond acceptors (Lipinski definition) is 8. The fourth-order valence-electron chi connectivity index (χ4n) is 5.59. The summed E-state index contributed by atoms with van der Waals surface area (Å²) < 4.78 is 8.09. The van der Waals surface area contributed by atoms with E-state index in [0.29, 0.717) is 30.1 Å². The van der Waals surface area contributed by atoms with Gasteiger partial charge >= 0.3 is 5.69 Å². The van der Waals surface area contributed by atoms with Gasteiger partial charge in [-0.25, -0.2) is 9.78 Å². The minimum absolute atomic E-state index is 0.115. The average Bonchev–Trinajstić information content (AvgIpc) is 3.70. The molecule has 0 spiro atoms. The lowest BCUT2D eigenvalue weighted by atomic mass is 10.1. The standard InChI is InChI=1S/C32H37N7O5/c1-21-6-3-4-7-26(21)37-14-16-38(17-15-37)27-11-10-23(29(41)33-12-5-13-39-28(40)19-36(2)32(39)43)18-24(27)34-30(42)25-20-44-31(35-25)22-8-9-22/h3-4,6-7,10-11,18-20,22,40H,5,8-9,12-17H2,1-2H3,(H,33,41)(H,34,42). The van der Waals surface area contributed by atoms with E-state index >= 15 is 0 Å². The Morgan fingerprint density at radius 3 is 2.43 bits per heavy atom. The van der Waals surface area contributed by atoms with Gasteiger partial charge in [-0.1, -0.05) is 18.2 Å². The van der Waals surface area contributed by atoms with Gasteiger partial charge in [-0.3, -0.25) is 18.7 Å². The molecule has 2 amide bonds. The van der Waals surface area contributed by atoms with Crippen molar-refractivity contribution in [1.29, 1.82) is 0 Å². The van der Waals surface area contributed by atoms with Crippen LogP contribution < -0.4 is 26.1 Å². The molecular formula is C32H37N7O5. The summed E-state index contributed by atoms with van der Waals surface area (Å²) in [6.45, 7) is 5.79. The van der Waals surface area contributed by atoms with Crippen LogP contribution in [0.2, 0.25) is 0 Å². The highest BCUT2D eigenvalue weighted by molar-refractivity contribution is 6.06. The summed E-state index contributed by atoms with van der Waals surface area (Å²) in [5.41, 5.74) is 4.07. The van der Waals surface area contributed by atoms with E-state index < -0.39 is 5.91 Å².